The summed E-state index contributed by atoms with van der Waals surface area (Å²) in [6, 6.07) is 2.90. The lowest BCUT2D eigenvalue weighted by Gasteiger charge is -2.36. The van der Waals surface area contributed by atoms with Gasteiger partial charge in [0.15, 0.2) is 0 Å². The van der Waals surface area contributed by atoms with Crippen molar-refractivity contribution in [2.45, 2.75) is 51.9 Å². The van der Waals surface area contributed by atoms with Gasteiger partial charge in [-0.25, -0.2) is 0 Å². The van der Waals surface area contributed by atoms with E-state index < -0.39 is 0 Å². The largest absolute Gasteiger partial charge is 0.394 e. The molecule has 1 aliphatic rings. The average Bonchev–Trinajstić information content (AvgIpc) is 2.89. The average molecular weight is 267 g/mol. The number of aliphatic hydroxyl groups excluding tert-OH is 1. The molecule has 1 saturated heterocycles. The molecule has 2 rings (SSSR count). The number of morpholine rings is 1. The van der Waals surface area contributed by atoms with Crippen LogP contribution in [0.3, 0.4) is 0 Å². The Kier molecular flexibility index (Phi) is 4.96. The van der Waals surface area contributed by atoms with Gasteiger partial charge in [-0.05, 0) is 26.3 Å². The van der Waals surface area contributed by atoms with Gasteiger partial charge in [0, 0.05) is 31.4 Å². The second kappa shape index (κ2) is 6.50. The minimum absolute atomic E-state index is 0.0622. The van der Waals surface area contributed by atoms with Gasteiger partial charge in [-0.15, -0.1) is 0 Å². The van der Waals surface area contributed by atoms with Gasteiger partial charge in [-0.2, -0.15) is 5.10 Å². The van der Waals surface area contributed by atoms with Crippen molar-refractivity contribution < 1.29 is 9.84 Å². The molecular weight excluding hydrogens is 242 g/mol. The summed E-state index contributed by atoms with van der Waals surface area (Å²) in [5, 5.41) is 13.8. The van der Waals surface area contributed by atoms with Crippen LogP contribution >= 0.6 is 0 Å². The quantitative estimate of drug-likeness (QED) is 0.877. The summed E-state index contributed by atoms with van der Waals surface area (Å²) in [6.07, 6.45) is 3.08. The number of hydrogen-bond donors (Lipinski definition) is 1. The fourth-order valence-corrected chi connectivity index (χ4v) is 2.31. The standard InChI is InChI=1S/C14H25N3O2/c1-4-11(2)17-6-5-13(15-17)7-16-8-14(9-18)19-10-12(16)3/h5-6,11-12,14,18H,4,7-10H2,1-3H3. The van der Waals surface area contributed by atoms with Crippen LogP contribution in [0.15, 0.2) is 12.3 Å². The number of aliphatic hydroxyl groups is 1. The van der Waals surface area contributed by atoms with Crippen LogP contribution in [0.4, 0.5) is 0 Å². The van der Waals surface area contributed by atoms with E-state index in [0.29, 0.717) is 18.7 Å². The maximum Gasteiger partial charge on any atom is 0.0933 e. The molecule has 19 heavy (non-hydrogen) atoms. The maximum atomic E-state index is 9.20. The molecule has 0 bridgehead atoms. The number of aromatic nitrogens is 2. The first kappa shape index (κ1) is 14.5. The molecule has 5 heteroatoms. The lowest BCUT2D eigenvalue weighted by Crippen LogP contribution is -2.48. The van der Waals surface area contributed by atoms with Crippen molar-refractivity contribution in [1.29, 1.82) is 0 Å². The van der Waals surface area contributed by atoms with Gasteiger partial charge < -0.3 is 9.84 Å². The highest BCUT2D eigenvalue weighted by Crippen LogP contribution is 2.16. The van der Waals surface area contributed by atoms with Crippen molar-refractivity contribution >= 4 is 0 Å². The molecular formula is C14H25N3O2. The van der Waals surface area contributed by atoms with Crippen molar-refractivity contribution in [1.82, 2.24) is 14.7 Å². The molecule has 1 N–H and O–H groups in total. The van der Waals surface area contributed by atoms with Gasteiger partial charge in [0.05, 0.1) is 25.0 Å². The minimum Gasteiger partial charge on any atom is -0.394 e. The van der Waals surface area contributed by atoms with E-state index in [2.05, 4.69) is 43.0 Å². The molecule has 5 nitrogen and oxygen atoms in total. The first-order valence-corrected chi connectivity index (χ1v) is 7.14. The minimum atomic E-state index is -0.0622. The molecule has 0 amide bonds. The summed E-state index contributed by atoms with van der Waals surface area (Å²) in [7, 11) is 0. The van der Waals surface area contributed by atoms with Crippen molar-refractivity contribution in [2.75, 3.05) is 19.8 Å². The van der Waals surface area contributed by atoms with Crippen molar-refractivity contribution in [3.8, 4) is 0 Å². The third kappa shape index (κ3) is 3.55. The molecule has 0 spiro atoms. The lowest BCUT2D eigenvalue weighted by molar-refractivity contribution is -0.0809. The first-order chi connectivity index (χ1) is 9.13. The van der Waals surface area contributed by atoms with E-state index in [1.165, 1.54) is 0 Å². The first-order valence-electron chi connectivity index (χ1n) is 7.14. The van der Waals surface area contributed by atoms with Gasteiger partial charge in [0.2, 0.25) is 0 Å². The topological polar surface area (TPSA) is 50.5 Å². The predicted octanol–water partition coefficient (Wildman–Crippen LogP) is 1.44. The van der Waals surface area contributed by atoms with Crippen LogP contribution in [0.5, 0.6) is 0 Å². The zero-order valence-electron chi connectivity index (χ0n) is 12.1. The highest BCUT2D eigenvalue weighted by Gasteiger charge is 2.26. The van der Waals surface area contributed by atoms with E-state index in [1.54, 1.807) is 0 Å². The Labute approximate surface area is 115 Å². The summed E-state index contributed by atoms with van der Waals surface area (Å²) < 4.78 is 7.58. The number of hydrogen-bond acceptors (Lipinski definition) is 4. The van der Waals surface area contributed by atoms with Crippen LogP contribution in [-0.2, 0) is 11.3 Å². The smallest absolute Gasteiger partial charge is 0.0933 e. The Balaban J connectivity index is 1.97. The molecule has 2 heterocycles. The zero-order chi connectivity index (χ0) is 13.8. The van der Waals surface area contributed by atoms with Gasteiger partial charge in [0.1, 0.15) is 0 Å². The Morgan fingerprint density at radius 1 is 1.58 bits per heavy atom. The van der Waals surface area contributed by atoms with E-state index in [-0.39, 0.29) is 12.7 Å². The van der Waals surface area contributed by atoms with Crippen molar-refractivity contribution in [3.63, 3.8) is 0 Å². The molecule has 3 unspecified atom stereocenters. The zero-order valence-corrected chi connectivity index (χ0v) is 12.1. The highest BCUT2D eigenvalue weighted by molar-refractivity contribution is 5.00. The van der Waals surface area contributed by atoms with Crippen molar-refractivity contribution in [3.05, 3.63) is 18.0 Å². The SMILES string of the molecule is CCC(C)n1ccc(CN2CC(CO)OCC2C)n1. The molecule has 1 aromatic rings. The molecule has 1 fully saturated rings. The molecule has 3 atom stereocenters. The van der Waals surface area contributed by atoms with E-state index in [1.807, 2.05) is 4.68 Å². The Morgan fingerprint density at radius 2 is 2.37 bits per heavy atom. The van der Waals surface area contributed by atoms with Gasteiger partial charge in [-0.3, -0.25) is 9.58 Å². The summed E-state index contributed by atoms with van der Waals surface area (Å²) in [5.41, 5.74) is 1.09. The summed E-state index contributed by atoms with van der Waals surface area (Å²) >= 11 is 0. The second-order valence-electron chi connectivity index (χ2n) is 5.46. The Bertz CT molecular complexity index is 394. The second-order valence-corrected chi connectivity index (χ2v) is 5.46. The van der Waals surface area contributed by atoms with Crippen LogP contribution in [0.1, 0.15) is 38.9 Å². The fourth-order valence-electron chi connectivity index (χ4n) is 2.31. The van der Waals surface area contributed by atoms with E-state index in [4.69, 9.17) is 4.74 Å². The van der Waals surface area contributed by atoms with Gasteiger partial charge in [-0.1, -0.05) is 6.92 Å². The highest BCUT2D eigenvalue weighted by atomic mass is 16.5. The van der Waals surface area contributed by atoms with E-state index in [9.17, 15) is 5.11 Å². The van der Waals surface area contributed by atoms with E-state index >= 15 is 0 Å². The van der Waals surface area contributed by atoms with Crippen LogP contribution < -0.4 is 0 Å². The summed E-state index contributed by atoms with van der Waals surface area (Å²) in [5.74, 6) is 0. The number of nitrogens with zero attached hydrogens (tertiary/aromatic N) is 3. The molecule has 1 aromatic heterocycles. The summed E-state index contributed by atoms with van der Waals surface area (Å²) in [6.45, 7) is 8.86. The number of ether oxygens (including phenoxy) is 1. The molecule has 0 aromatic carbocycles. The van der Waals surface area contributed by atoms with Gasteiger partial charge in [0.25, 0.3) is 0 Å². The summed E-state index contributed by atoms with van der Waals surface area (Å²) in [4.78, 5) is 2.33. The van der Waals surface area contributed by atoms with Gasteiger partial charge >= 0.3 is 0 Å². The molecule has 0 radical (unpaired) electrons. The predicted molar refractivity (Wildman–Crippen MR) is 73.9 cm³/mol. The third-order valence-corrected chi connectivity index (χ3v) is 3.91. The third-order valence-electron chi connectivity index (χ3n) is 3.91. The Hall–Kier alpha value is -0.910. The molecule has 0 aliphatic carbocycles. The van der Waals surface area contributed by atoms with Crippen LogP contribution in [0.25, 0.3) is 0 Å². The normalized spacial score (nSPS) is 26.5. The van der Waals surface area contributed by atoms with Crippen LogP contribution in [0.2, 0.25) is 0 Å². The molecule has 0 saturated carbocycles. The van der Waals surface area contributed by atoms with Crippen LogP contribution in [0, 0.1) is 0 Å². The van der Waals surface area contributed by atoms with Crippen LogP contribution in [-0.4, -0.2) is 51.7 Å². The Morgan fingerprint density at radius 3 is 3.05 bits per heavy atom. The molecule has 1 aliphatic heterocycles. The van der Waals surface area contributed by atoms with Crippen molar-refractivity contribution in [2.24, 2.45) is 0 Å². The number of rotatable bonds is 5. The van der Waals surface area contributed by atoms with E-state index in [0.717, 1.165) is 25.2 Å². The monoisotopic (exact) mass is 267 g/mol. The fraction of sp³-hybridized carbons (Fsp3) is 0.786. The maximum absolute atomic E-state index is 9.20. The lowest BCUT2D eigenvalue weighted by atomic mass is 10.2. The molecule has 108 valence electrons.